The molecule has 0 aromatic heterocycles. The van der Waals surface area contributed by atoms with Crippen LogP contribution in [0.3, 0.4) is 0 Å². The standard InChI is InChI=1S/C17H27N3O/c1-17(2)10-4-12-20(17)11-3-5-16(21)19-15-8-6-14(13-18)7-9-15/h6-9H,3-5,10-13,18H2,1-2H3,(H,19,21). The van der Waals surface area contributed by atoms with Gasteiger partial charge in [-0.05, 0) is 63.9 Å². The molecule has 116 valence electrons. The van der Waals surface area contributed by atoms with Crippen molar-refractivity contribution in [3.63, 3.8) is 0 Å². The number of nitrogens with two attached hydrogens (primary N) is 1. The van der Waals surface area contributed by atoms with E-state index in [0.717, 1.165) is 30.8 Å². The Morgan fingerprint density at radius 3 is 2.62 bits per heavy atom. The smallest absolute Gasteiger partial charge is 0.224 e. The van der Waals surface area contributed by atoms with E-state index >= 15 is 0 Å². The minimum Gasteiger partial charge on any atom is -0.326 e. The Hall–Kier alpha value is -1.39. The maximum Gasteiger partial charge on any atom is 0.224 e. The highest BCUT2D eigenvalue weighted by Crippen LogP contribution is 2.28. The van der Waals surface area contributed by atoms with Gasteiger partial charge in [-0.3, -0.25) is 9.69 Å². The van der Waals surface area contributed by atoms with Crippen LogP contribution in [0.15, 0.2) is 24.3 Å². The number of nitrogens with one attached hydrogen (secondary N) is 1. The zero-order chi connectivity index (χ0) is 15.3. The average molecular weight is 289 g/mol. The second-order valence-electron chi connectivity index (χ2n) is 6.46. The third-order valence-corrected chi connectivity index (χ3v) is 4.38. The molecule has 0 saturated carbocycles. The highest BCUT2D eigenvalue weighted by atomic mass is 16.1. The summed E-state index contributed by atoms with van der Waals surface area (Å²) in [7, 11) is 0. The molecule has 2 rings (SSSR count). The van der Waals surface area contributed by atoms with Gasteiger partial charge in [-0.2, -0.15) is 0 Å². The lowest BCUT2D eigenvalue weighted by molar-refractivity contribution is -0.116. The zero-order valence-corrected chi connectivity index (χ0v) is 13.2. The zero-order valence-electron chi connectivity index (χ0n) is 13.2. The average Bonchev–Trinajstić information content (AvgIpc) is 2.79. The molecule has 0 radical (unpaired) electrons. The molecule has 0 aliphatic carbocycles. The van der Waals surface area contributed by atoms with E-state index in [9.17, 15) is 4.79 Å². The van der Waals surface area contributed by atoms with Gasteiger partial charge in [-0.15, -0.1) is 0 Å². The predicted molar refractivity (Wildman–Crippen MR) is 87.1 cm³/mol. The SMILES string of the molecule is CC1(C)CCCN1CCCC(=O)Nc1ccc(CN)cc1. The van der Waals surface area contributed by atoms with Crippen molar-refractivity contribution in [2.75, 3.05) is 18.4 Å². The summed E-state index contributed by atoms with van der Waals surface area (Å²) in [5, 5.41) is 2.94. The molecule has 1 aromatic rings. The first kappa shape index (κ1) is 16.0. The van der Waals surface area contributed by atoms with Crippen LogP contribution < -0.4 is 11.1 Å². The van der Waals surface area contributed by atoms with Crippen molar-refractivity contribution in [1.29, 1.82) is 0 Å². The number of nitrogens with zero attached hydrogens (tertiary/aromatic N) is 1. The highest BCUT2D eigenvalue weighted by Gasteiger charge is 2.30. The summed E-state index contributed by atoms with van der Waals surface area (Å²) in [6.45, 7) is 7.28. The summed E-state index contributed by atoms with van der Waals surface area (Å²) in [4.78, 5) is 14.4. The third kappa shape index (κ3) is 4.55. The van der Waals surface area contributed by atoms with Crippen LogP contribution in [0.2, 0.25) is 0 Å². The van der Waals surface area contributed by atoms with Crippen molar-refractivity contribution in [2.45, 2.75) is 51.6 Å². The van der Waals surface area contributed by atoms with E-state index < -0.39 is 0 Å². The molecule has 1 aromatic carbocycles. The Morgan fingerprint density at radius 1 is 1.33 bits per heavy atom. The fraction of sp³-hybridized carbons (Fsp3) is 0.588. The van der Waals surface area contributed by atoms with E-state index in [-0.39, 0.29) is 5.91 Å². The second-order valence-corrected chi connectivity index (χ2v) is 6.46. The minimum absolute atomic E-state index is 0.0903. The molecule has 4 heteroatoms. The van der Waals surface area contributed by atoms with Gasteiger partial charge in [0.2, 0.25) is 5.91 Å². The molecule has 0 unspecified atom stereocenters. The molecule has 21 heavy (non-hydrogen) atoms. The maximum atomic E-state index is 11.9. The molecule has 1 saturated heterocycles. The van der Waals surface area contributed by atoms with Crippen molar-refractivity contribution >= 4 is 11.6 Å². The second kappa shape index (κ2) is 7.05. The normalized spacial score (nSPS) is 17.9. The molecule has 1 aliphatic heterocycles. The first-order chi connectivity index (χ1) is 10.0. The van der Waals surface area contributed by atoms with E-state index in [0.29, 0.717) is 18.5 Å². The number of hydrogen-bond donors (Lipinski definition) is 2. The lowest BCUT2D eigenvalue weighted by Gasteiger charge is -2.31. The van der Waals surface area contributed by atoms with Gasteiger partial charge in [0.25, 0.3) is 0 Å². The van der Waals surface area contributed by atoms with Crippen LogP contribution >= 0.6 is 0 Å². The number of hydrogen-bond acceptors (Lipinski definition) is 3. The van der Waals surface area contributed by atoms with Crippen molar-refractivity contribution in [3.05, 3.63) is 29.8 Å². The Kier molecular flexibility index (Phi) is 5.37. The molecule has 0 spiro atoms. The summed E-state index contributed by atoms with van der Waals surface area (Å²) in [6, 6.07) is 7.71. The largest absolute Gasteiger partial charge is 0.326 e. The molecule has 0 atom stereocenters. The fourth-order valence-corrected chi connectivity index (χ4v) is 2.96. The van der Waals surface area contributed by atoms with Crippen LogP contribution in [0.5, 0.6) is 0 Å². The molecule has 1 heterocycles. The van der Waals surface area contributed by atoms with Crippen LogP contribution in [-0.2, 0) is 11.3 Å². The summed E-state index contributed by atoms with van der Waals surface area (Å²) in [5.74, 6) is 0.0903. The molecule has 1 aliphatic rings. The van der Waals surface area contributed by atoms with Crippen molar-refractivity contribution in [3.8, 4) is 0 Å². The highest BCUT2D eigenvalue weighted by molar-refractivity contribution is 5.90. The number of likely N-dealkylation sites (tertiary alicyclic amines) is 1. The van der Waals surface area contributed by atoms with Gasteiger partial charge in [-0.1, -0.05) is 12.1 Å². The van der Waals surface area contributed by atoms with Gasteiger partial charge in [0, 0.05) is 24.2 Å². The summed E-state index contributed by atoms with van der Waals surface area (Å²) < 4.78 is 0. The fourth-order valence-electron chi connectivity index (χ4n) is 2.96. The first-order valence-electron chi connectivity index (χ1n) is 7.85. The van der Waals surface area contributed by atoms with E-state index in [2.05, 4.69) is 24.1 Å². The van der Waals surface area contributed by atoms with Crippen LogP contribution in [0.25, 0.3) is 0 Å². The molecule has 1 fully saturated rings. The molecule has 1 amide bonds. The van der Waals surface area contributed by atoms with E-state index in [4.69, 9.17) is 5.73 Å². The van der Waals surface area contributed by atoms with Crippen LogP contribution in [-0.4, -0.2) is 29.4 Å². The van der Waals surface area contributed by atoms with Gasteiger partial charge in [0.05, 0.1) is 0 Å². The quantitative estimate of drug-likeness (QED) is 0.846. The monoisotopic (exact) mass is 289 g/mol. The van der Waals surface area contributed by atoms with Crippen LogP contribution in [0.1, 0.15) is 45.1 Å². The maximum absolute atomic E-state index is 11.9. The van der Waals surface area contributed by atoms with Crippen molar-refractivity contribution < 1.29 is 4.79 Å². The van der Waals surface area contributed by atoms with Crippen LogP contribution in [0.4, 0.5) is 5.69 Å². The van der Waals surface area contributed by atoms with Crippen molar-refractivity contribution in [1.82, 2.24) is 4.90 Å². The molecule has 4 nitrogen and oxygen atoms in total. The van der Waals surface area contributed by atoms with Gasteiger partial charge in [0.1, 0.15) is 0 Å². The number of carbonyl (C=O) groups excluding carboxylic acids is 1. The molecular weight excluding hydrogens is 262 g/mol. The lowest BCUT2D eigenvalue weighted by Crippen LogP contribution is -2.38. The number of amides is 1. The van der Waals surface area contributed by atoms with E-state index in [1.807, 2.05) is 24.3 Å². The summed E-state index contributed by atoms with van der Waals surface area (Å²) in [6.07, 6.45) is 4.01. The summed E-state index contributed by atoms with van der Waals surface area (Å²) >= 11 is 0. The van der Waals surface area contributed by atoms with E-state index in [1.54, 1.807) is 0 Å². The Labute approximate surface area is 127 Å². The Balaban J connectivity index is 1.72. The molecular formula is C17H27N3O. The number of rotatable bonds is 6. The predicted octanol–water partition coefficient (Wildman–Crippen LogP) is 2.74. The molecule has 3 N–H and O–H groups in total. The van der Waals surface area contributed by atoms with Gasteiger partial charge in [0.15, 0.2) is 0 Å². The molecule has 0 bridgehead atoms. The van der Waals surface area contributed by atoms with Gasteiger partial charge >= 0.3 is 0 Å². The van der Waals surface area contributed by atoms with Gasteiger partial charge in [-0.25, -0.2) is 0 Å². The number of carbonyl (C=O) groups is 1. The lowest BCUT2D eigenvalue weighted by atomic mass is 10.0. The van der Waals surface area contributed by atoms with E-state index in [1.165, 1.54) is 12.8 Å². The Bertz CT molecular complexity index is 467. The number of benzene rings is 1. The third-order valence-electron chi connectivity index (χ3n) is 4.38. The minimum atomic E-state index is 0.0903. The Morgan fingerprint density at radius 2 is 2.05 bits per heavy atom. The first-order valence-corrected chi connectivity index (χ1v) is 7.85. The van der Waals surface area contributed by atoms with Crippen LogP contribution in [0, 0.1) is 0 Å². The van der Waals surface area contributed by atoms with Gasteiger partial charge < -0.3 is 11.1 Å². The van der Waals surface area contributed by atoms with Crippen molar-refractivity contribution in [2.24, 2.45) is 5.73 Å². The number of anilines is 1. The topological polar surface area (TPSA) is 58.4 Å². The summed E-state index contributed by atoms with van der Waals surface area (Å²) in [5.41, 5.74) is 7.78.